The van der Waals surface area contributed by atoms with E-state index in [0.717, 1.165) is 0 Å². The van der Waals surface area contributed by atoms with Gasteiger partial charge in [-0.25, -0.2) is 0 Å². The van der Waals surface area contributed by atoms with Gasteiger partial charge in [-0.05, 0) is 25.8 Å². The Bertz CT molecular complexity index is 757. The second kappa shape index (κ2) is 11.7. The number of ether oxygens (including phenoxy) is 4. The van der Waals surface area contributed by atoms with Crippen molar-refractivity contribution in [3.05, 3.63) is 11.8 Å². The van der Waals surface area contributed by atoms with Crippen LogP contribution in [-0.2, 0) is 23.7 Å². The van der Waals surface area contributed by atoms with Crippen molar-refractivity contribution in [1.29, 1.82) is 0 Å². The van der Waals surface area contributed by atoms with E-state index in [2.05, 4.69) is 5.32 Å². The van der Waals surface area contributed by atoms with Gasteiger partial charge in [0.15, 0.2) is 6.29 Å². The molecule has 11 atom stereocenters. The second-order valence-corrected chi connectivity index (χ2v) is 9.67. The number of amides is 1. The molecule has 13 N–H and O–H groups in total. The molecule has 1 saturated carbocycles. The van der Waals surface area contributed by atoms with Crippen LogP contribution in [0.2, 0.25) is 0 Å². The molecule has 0 bridgehead atoms. The number of aliphatic hydroxyl groups is 4. The third-order valence-corrected chi connectivity index (χ3v) is 6.41. The molecular weight excluding hydrogens is 466 g/mol. The van der Waals surface area contributed by atoms with Gasteiger partial charge in [-0.2, -0.15) is 0 Å². The highest BCUT2D eigenvalue weighted by atomic mass is 16.7. The van der Waals surface area contributed by atoms with Gasteiger partial charge < -0.3 is 67.6 Å². The molecule has 0 aromatic carbocycles. The Morgan fingerprint density at radius 2 is 1.91 bits per heavy atom. The van der Waals surface area contributed by atoms with E-state index in [1.165, 1.54) is 6.92 Å². The molecule has 0 radical (unpaired) electrons. The van der Waals surface area contributed by atoms with Crippen LogP contribution in [0.15, 0.2) is 11.8 Å². The molecule has 2 fully saturated rings. The molecule has 1 amide bonds. The minimum atomic E-state index is -1.47. The Hall–Kier alpha value is -1.43. The summed E-state index contributed by atoms with van der Waals surface area (Å²) in [6.45, 7) is 1.24. The molecule has 2 aliphatic heterocycles. The third-order valence-electron chi connectivity index (χ3n) is 6.41. The van der Waals surface area contributed by atoms with Crippen LogP contribution in [0, 0.1) is 0 Å². The van der Waals surface area contributed by atoms with Crippen molar-refractivity contribution in [3.63, 3.8) is 0 Å². The van der Waals surface area contributed by atoms with E-state index in [4.69, 9.17) is 41.9 Å². The Balaban J connectivity index is 1.78. The highest BCUT2D eigenvalue weighted by molar-refractivity contribution is 5.81. The predicted molar refractivity (Wildman–Crippen MR) is 121 cm³/mol. The number of hydrogen-bond acceptors (Lipinski definition) is 13. The molecule has 0 spiro atoms. The Morgan fingerprint density at radius 1 is 1.23 bits per heavy atom. The van der Waals surface area contributed by atoms with Crippen LogP contribution < -0.4 is 28.3 Å². The smallest absolute Gasteiger partial charge is 0.250 e. The summed E-state index contributed by atoms with van der Waals surface area (Å²) in [5.74, 6) is -0.275. The summed E-state index contributed by atoms with van der Waals surface area (Å²) < 4.78 is 23.1. The Morgan fingerprint density at radius 3 is 2.54 bits per heavy atom. The SMILES string of the molecule is CC1(O)COC(OC2C(NC(=O)C(O)CN)CC(N)C(OC3OC(CN)=CCC3N)C2O)C(O)C1. The number of rotatable bonds is 8. The highest BCUT2D eigenvalue weighted by Gasteiger charge is 2.49. The monoisotopic (exact) mass is 505 g/mol. The molecule has 0 aromatic heterocycles. The molecular formula is C21H39N5O9. The molecule has 2 heterocycles. The first kappa shape index (κ1) is 28.1. The highest BCUT2D eigenvalue weighted by Crippen LogP contribution is 2.31. The first-order chi connectivity index (χ1) is 16.5. The van der Waals surface area contributed by atoms with Crippen LogP contribution in [0.5, 0.6) is 0 Å². The largest absolute Gasteiger partial charge is 0.467 e. The van der Waals surface area contributed by atoms with Gasteiger partial charge in [-0.1, -0.05) is 0 Å². The zero-order valence-electron chi connectivity index (χ0n) is 19.7. The van der Waals surface area contributed by atoms with Gasteiger partial charge in [0.05, 0.1) is 30.8 Å². The summed E-state index contributed by atoms with van der Waals surface area (Å²) in [7, 11) is 0. The van der Waals surface area contributed by atoms with Gasteiger partial charge in [0.2, 0.25) is 12.2 Å². The maximum Gasteiger partial charge on any atom is 0.250 e. The van der Waals surface area contributed by atoms with Crippen molar-refractivity contribution < 1.29 is 44.2 Å². The lowest BCUT2D eigenvalue weighted by molar-refractivity contribution is -0.297. The topological polar surface area (TPSA) is 251 Å². The van der Waals surface area contributed by atoms with Crippen molar-refractivity contribution in [2.45, 2.75) is 93.0 Å². The van der Waals surface area contributed by atoms with E-state index >= 15 is 0 Å². The van der Waals surface area contributed by atoms with Gasteiger partial charge in [0.25, 0.3) is 0 Å². The average Bonchev–Trinajstić information content (AvgIpc) is 2.80. The number of carbonyl (C=O) groups excluding carboxylic acids is 1. The fourth-order valence-corrected chi connectivity index (χ4v) is 4.47. The minimum Gasteiger partial charge on any atom is -0.467 e. The summed E-state index contributed by atoms with van der Waals surface area (Å²) in [5.41, 5.74) is 22.2. The van der Waals surface area contributed by atoms with Gasteiger partial charge in [-0.15, -0.1) is 0 Å². The molecule has 3 aliphatic rings. The zero-order valence-corrected chi connectivity index (χ0v) is 19.7. The van der Waals surface area contributed by atoms with Crippen LogP contribution in [-0.4, -0.2) is 113 Å². The first-order valence-electron chi connectivity index (χ1n) is 11.7. The molecule has 14 heteroatoms. The van der Waals surface area contributed by atoms with E-state index in [1.807, 2.05) is 0 Å². The quantitative estimate of drug-likeness (QED) is 0.151. The normalized spacial score (nSPS) is 43.1. The van der Waals surface area contributed by atoms with Gasteiger partial charge in [0, 0.05) is 19.0 Å². The van der Waals surface area contributed by atoms with Crippen LogP contribution >= 0.6 is 0 Å². The summed E-state index contributed by atoms with van der Waals surface area (Å²) in [6, 6.07) is -2.20. The van der Waals surface area contributed by atoms with E-state index in [9.17, 15) is 25.2 Å². The maximum absolute atomic E-state index is 12.3. The second-order valence-electron chi connectivity index (χ2n) is 9.67. The molecule has 3 rings (SSSR count). The molecule has 202 valence electrons. The molecule has 11 unspecified atom stereocenters. The first-order valence-corrected chi connectivity index (χ1v) is 11.7. The van der Waals surface area contributed by atoms with Crippen molar-refractivity contribution in [2.24, 2.45) is 22.9 Å². The minimum absolute atomic E-state index is 0.0260. The summed E-state index contributed by atoms with van der Waals surface area (Å²) in [6.07, 6.45) is -6.15. The Kier molecular flexibility index (Phi) is 9.45. The predicted octanol–water partition coefficient (Wildman–Crippen LogP) is -4.57. The van der Waals surface area contributed by atoms with Crippen molar-refractivity contribution in [3.8, 4) is 0 Å². The van der Waals surface area contributed by atoms with Crippen LogP contribution in [0.3, 0.4) is 0 Å². The van der Waals surface area contributed by atoms with Crippen molar-refractivity contribution in [1.82, 2.24) is 5.32 Å². The summed E-state index contributed by atoms with van der Waals surface area (Å²) >= 11 is 0. The van der Waals surface area contributed by atoms with E-state index in [0.29, 0.717) is 12.2 Å². The number of hydrogen-bond donors (Lipinski definition) is 9. The number of nitrogens with two attached hydrogens (primary N) is 4. The summed E-state index contributed by atoms with van der Waals surface area (Å²) in [4.78, 5) is 12.3. The molecule has 0 aromatic rings. The lowest BCUT2D eigenvalue weighted by atomic mass is 9.83. The summed E-state index contributed by atoms with van der Waals surface area (Å²) in [5, 5.41) is 44.2. The fraction of sp³-hybridized carbons (Fsp3) is 0.857. The maximum atomic E-state index is 12.3. The molecule has 14 nitrogen and oxygen atoms in total. The van der Waals surface area contributed by atoms with Gasteiger partial charge in [-0.3, -0.25) is 4.79 Å². The molecule has 1 aliphatic carbocycles. The van der Waals surface area contributed by atoms with Crippen LogP contribution in [0.4, 0.5) is 0 Å². The van der Waals surface area contributed by atoms with Gasteiger partial charge in [0.1, 0.15) is 36.3 Å². The zero-order chi connectivity index (χ0) is 25.9. The number of nitrogens with one attached hydrogen (secondary N) is 1. The van der Waals surface area contributed by atoms with E-state index in [1.54, 1.807) is 6.08 Å². The van der Waals surface area contributed by atoms with Crippen molar-refractivity contribution in [2.75, 3.05) is 19.7 Å². The third kappa shape index (κ3) is 6.87. The van der Waals surface area contributed by atoms with E-state index < -0.39 is 72.7 Å². The van der Waals surface area contributed by atoms with Crippen LogP contribution in [0.25, 0.3) is 0 Å². The number of carbonyl (C=O) groups is 1. The van der Waals surface area contributed by atoms with E-state index in [-0.39, 0.29) is 32.5 Å². The van der Waals surface area contributed by atoms with Crippen molar-refractivity contribution >= 4 is 5.91 Å². The van der Waals surface area contributed by atoms with Crippen LogP contribution in [0.1, 0.15) is 26.2 Å². The Labute approximate surface area is 203 Å². The molecule has 35 heavy (non-hydrogen) atoms. The molecule has 1 saturated heterocycles. The lowest BCUT2D eigenvalue weighted by Gasteiger charge is -2.47. The lowest BCUT2D eigenvalue weighted by Crippen LogP contribution is -2.67. The number of aliphatic hydroxyl groups excluding tert-OH is 3. The van der Waals surface area contributed by atoms with Gasteiger partial charge >= 0.3 is 0 Å². The average molecular weight is 506 g/mol. The fourth-order valence-electron chi connectivity index (χ4n) is 4.47. The standard InChI is InChI=1S/C21H39N5O9/c1-21(31)5-13(27)20(32-8-21)35-17-12(26-18(30)14(28)7-23)4-11(25)16(15(17)29)34-19-10(24)3-2-9(6-22)33-19/h2,10-17,19-20,27-29,31H,3-8,22-25H2,1H3,(H,26,30).